The summed E-state index contributed by atoms with van der Waals surface area (Å²) in [5.41, 5.74) is 8.63. The van der Waals surface area contributed by atoms with Gasteiger partial charge in [-0.2, -0.15) is 0 Å². The van der Waals surface area contributed by atoms with Gasteiger partial charge in [0, 0.05) is 0 Å². The SMILES string of the molecule is C=C(C)CC(OCN)c1cc(OC)cc(/C=C/c2ccccc2)c1C(=O)O. The Labute approximate surface area is 159 Å². The van der Waals surface area contributed by atoms with Crippen molar-refractivity contribution in [2.45, 2.75) is 19.4 Å². The Morgan fingerprint density at radius 2 is 1.96 bits per heavy atom. The standard InChI is InChI=1S/C22H25NO4/c1-15(2)11-20(27-14-23)19-13-18(26-3)12-17(21(19)22(24)25)10-9-16-7-5-4-6-8-16/h4-10,12-13,20H,1,11,14,23H2,2-3H3,(H,24,25)/b10-9+. The van der Waals surface area contributed by atoms with Crippen molar-refractivity contribution in [1.82, 2.24) is 0 Å². The molecule has 0 amide bonds. The topological polar surface area (TPSA) is 81.8 Å². The molecule has 27 heavy (non-hydrogen) atoms. The van der Waals surface area contributed by atoms with Crippen LogP contribution in [0.5, 0.6) is 5.75 Å². The monoisotopic (exact) mass is 367 g/mol. The molecule has 0 aliphatic heterocycles. The Bertz CT molecular complexity index is 828. The number of carboxylic acids is 1. The van der Waals surface area contributed by atoms with E-state index in [-0.39, 0.29) is 12.3 Å². The summed E-state index contributed by atoms with van der Waals surface area (Å²) in [5, 5.41) is 9.87. The van der Waals surface area contributed by atoms with Crippen LogP contribution in [0.4, 0.5) is 0 Å². The first kappa shape index (κ1) is 20.4. The molecule has 0 heterocycles. The van der Waals surface area contributed by atoms with Gasteiger partial charge in [-0.15, -0.1) is 6.58 Å². The average molecular weight is 367 g/mol. The molecule has 3 N–H and O–H groups in total. The predicted molar refractivity (Wildman–Crippen MR) is 108 cm³/mol. The van der Waals surface area contributed by atoms with Crippen LogP contribution < -0.4 is 10.5 Å². The van der Waals surface area contributed by atoms with Crippen LogP contribution in [0.3, 0.4) is 0 Å². The Kier molecular flexibility index (Phi) is 7.34. The van der Waals surface area contributed by atoms with Crippen LogP contribution >= 0.6 is 0 Å². The van der Waals surface area contributed by atoms with Gasteiger partial charge in [0.05, 0.1) is 25.5 Å². The van der Waals surface area contributed by atoms with Crippen LogP contribution in [0.2, 0.25) is 0 Å². The van der Waals surface area contributed by atoms with Crippen LogP contribution in [0.15, 0.2) is 54.6 Å². The number of hydrogen-bond donors (Lipinski definition) is 2. The summed E-state index contributed by atoms with van der Waals surface area (Å²) >= 11 is 0. The highest BCUT2D eigenvalue weighted by Gasteiger charge is 2.23. The van der Waals surface area contributed by atoms with Crippen molar-refractivity contribution < 1.29 is 19.4 Å². The molecular formula is C22H25NO4. The lowest BCUT2D eigenvalue weighted by Crippen LogP contribution is -2.16. The van der Waals surface area contributed by atoms with E-state index in [0.29, 0.717) is 23.3 Å². The van der Waals surface area contributed by atoms with Gasteiger partial charge in [0.15, 0.2) is 0 Å². The van der Waals surface area contributed by atoms with E-state index in [4.69, 9.17) is 15.2 Å². The number of carboxylic acid groups (broad SMARTS) is 1. The molecule has 0 radical (unpaired) electrons. The van der Waals surface area contributed by atoms with Crippen molar-refractivity contribution in [3.8, 4) is 5.75 Å². The lowest BCUT2D eigenvalue weighted by molar-refractivity contribution is 0.0536. The van der Waals surface area contributed by atoms with E-state index in [0.717, 1.165) is 11.1 Å². The molecule has 0 bridgehead atoms. The highest BCUT2D eigenvalue weighted by Crippen LogP contribution is 2.33. The largest absolute Gasteiger partial charge is 0.497 e. The number of aromatic carboxylic acids is 1. The molecule has 0 spiro atoms. The molecule has 0 saturated heterocycles. The molecule has 2 aromatic rings. The average Bonchev–Trinajstić information content (AvgIpc) is 2.65. The fraction of sp³-hybridized carbons (Fsp3) is 0.227. The second kappa shape index (κ2) is 9.71. The van der Waals surface area contributed by atoms with Crippen LogP contribution in [-0.2, 0) is 4.74 Å². The molecule has 0 aliphatic rings. The van der Waals surface area contributed by atoms with Crippen LogP contribution in [0.1, 0.15) is 46.5 Å². The van der Waals surface area contributed by atoms with Crippen molar-refractivity contribution in [3.05, 3.63) is 76.9 Å². The third-order valence-corrected chi connectivity index (χ3v) is 4.06. The Morgan fingerprint density at radius 1 is 1.26 bits per heavy atom. The van der Waals surface area contributed by atoms with Crippen molar-refractivity contribution in [1.29, 1.82) is 0 Å². The van der Waals surface area contributed by atoms with Gasteiger partial charge in [-0.25, -0.2) is 4.79 Å². The first-order chi connectivity index (χ1) is 13.0. The lowest BCUT2D eigenvalue weighted by Gasteiger charge is -2.21. The fourth-order valence-corrected chi connectivity index (χ4v) is 2.85. The molecule has 2 aromatic carbocycles. The van der Waals surface area contributed by atoms with E-state index < -0.39 is 12.1 Å². The molecule has 2 rings (SSSR count). The van der Waals surface area contributed by atoms with Gasteiger partial charge in [-0.1, -0.05) is 48.1 Å². The first-order valence-electron chi connectivity index (χ1n) is 8.60. The number of benzene rings is 2. The third-order valence-electron chi connectivity index (χ3n) is 4.06. The van der Waals surface area contributed by atoms with Crippen molar-refractivity contribution >= 4 is 18.1 Å². The van der Waals surface area contributed by atoms with Gasteiger partial charge in [-0.3, -0.25) is 0 Å². The molecule has 1 unspecified atom stereocenters. The van der Waals surface area contributed by atoms with Crippen LogP contribution in [-0.4, -0.2) is 24.9 Å². The molecule has 5 nitrogen and oxygen atoms in total. The molecule has 0 saturated carbocycles. The normalized spacial score (nSPS) is 12.1. The summed E-state index contributed by atoms with van der Waals surface area (Å²) in [5.74, 6) is -0.484. The fourth-order valence-electron chi connectivity index (χ4n) is 2.85. The Morgan fingerprint density at radius 3 is 2.52 bits per heavy atom. The number of carbonyl (C=O) groups is 1. The summed E-state index contributed by atoms with van der Waals surface area (Å²) in [6.07, 6.45) is 3.58. The van der Waals surface area contributed by atoms with Gasteiger partial charge >= 0.3 is 5.97 Å². The molecular weight excluding hydrogens is 342 g/mol. The summed E-state index contributed by atoms with van der Waals surface area (Å²) in [4.78, 5) is 12.1. The molecule has 0 fully saturated rings. The molecule has 1 atom stereocenters. The van der Waals surface area contributed by atoms with Crippen molar-refractivity contribution in [3.63, 3.8) is 0 Å². The number of rotatable bonds is 9. The minimum absolute atomic E-state index is 0.0244. The van der Waals surface area contributed by atoms with Gasteiger partial charge in [0.25, 0.3) is 0 Å². The lowest BCUT2D eigenvalue weighted by atomic mass is 9.93. The zero-order valence-electron chi connectivity index (χ0n) is 15.6. The second-order valence-electron chi connectivity index (χ2n) is 6.21. The van der Waals surface area contributed by atoms with Crippen molar-refractivity contribution in [2.24, 2.45) is 5.73 Å². The minimum Gasteiger partial charge on any atom is -0.497 e. The highest BCUT2D eigenvalue weighted by molar-refractivity contribution is 5.95. The Hall–Kier alpha value is -2.89. The number of hydrogen-bond acceptors (Lipinski definition) is 4. The maximum Gasteiger partial charge on any atom is 0.336 e. The Balaban J connectivity index is 2.59. The zero-order valence-corrected chi connectivity index (χ0v) is 15.6. The third kappa shape index (κ3) is 5.54. The van der Waals surface area contributed by atoms with E-state index in [2.05, 4.69) is 6.58 Å². The summed E-state index contributed by atoms with van der Waals surface area (Å²) in [6.45, 7) is 5.75. The zero-order chi connectivity index (χ0) is 19.8. The molecule has 0 aliphatic carbocycles. The van der Waals surface area contributed by atoms with Crippen LogP contribution in [0.25, 0.3) is 12.2 Å². The van der Waals surface area contributed by atoms with Crippen molar-refractivity contribution in [2.75, 3.05) is 13.8 Å². The molecule has 142 valence electrons. The first-order valence-corrected chi connectivity index (χ1v) is 8.60. The van der Waals surface area contributed by atoms with Gasteiger partial charge in [0.2, 0.25) is 0 Å². The van der Waals surface area contributed by atoms with E-state index in [1.165, 1.54) is 0 Å². The summed E-state index contributed by atoms with van der Waals surface area (Å²) in [6, 6.07) is 13.0. The van der Waals surface area contributed by atoms with E-state index >= 15 is 0 Å². The minimum atomic E-state index is -1.03. The smallest absolute Gasteiger partial charge is 0.336 e. The number of ether oxygens (including phenoxy) is 2. The van der Waals surface area contributed by atoms with Gasteiger partial charge < -0.3 is 20.3 Å². The quantitative estimate of drug-likeness (QED) is 0.387. The number of nitrogens with two attached hydrogens (primary N) is 1. The maximum absolute atomic E-state index is 12.1. The van der Waals surface area contributed by atoms with Gasteiger partial charge in [-0.05, 0) is 42.2 Å². The maximum atomic E-state index is 12.1. The van der Waals surface area contributed by atoms with Crippen LogP contribution in [0, 0.1) is 0 Å². The number of methoxy groups -OCH3 is 1. The summed E-state index contributed by atoms with van der Waals surface area (Å²) < 4.78 is 11.0. The van der Waals surface area contributed by atoms with Gasteiger partial charge in [0.1, 0.15) is 5.75 Å². The van der Waals surface area contributed by atoms with E-state index in [1.807, 2.05) is 43.3 Å². The summed E-state index contributed by atoms with van der Waals surface area (Å²) in [7, 11) is 1.54. The second-order valence-corrected chi connectivity index (χ2v) is 6.21. The molecule has 5 heteroatoms. The van der Waals surface area contributed by atoms with E-state index in [1.54, 1.807) is 25.3 Å². The molecule has 0 aromatic heterocycles. The van der Waals surface area contributed by atoms with E-state index in [9.17, 15) is 9.90 Å². The predicted octanol–water partition coefficient (Wildman–Crippen LogP) is 4.50. The highest BCUT2D eigenvalue weighted by atomic mass is 16.5.